The van der Waals surface area contributed by atoms with Gasteiger partial charge in [0.2, 0.25) is 5.91 Å². The highest BCUT2D eigenvalue weighted by atomic mass is 32.1. The molecule has 17 heavy (non-hydrogen) atoms. The fourth-order valence-electron chi connectivity index (χ4n) is 1.41. The van der Waals surface area contributed by atoms with Gasteiger partial charge in [-0.25, -0.2) is 0 Å². The Kier molecular flexibility index (Phi) is 5.15. The predicted octanol–water partition coefficient (Wildman–Crippen LogP) is 1.83. The molecular formula is C12H17NO3S. The van der Waals surface area contributed by atoms with E-state index in [1.807, 2.05) is 18.4 Å². The molecule has 0 spiro atoms. The molecule has 1 amide bonds. The SMILES string of the molecule is Cc1ccsc1CCNC(=O)CC(C)C(=O)O. The molecular weight excluding hydrogens is 238 g/mol. The number of carbonyl (C=O) groups is 2. The van der Waals surface area contributed by atoms with Gasteiger partial charge in [0.15, 0.2) is 0 Å². The maximum atomic E-state index is 11.4. The van der Waals surface area contributed by atoms with Gasteiger partial charge in [-0.05, 0) is 30.4 Å². The lowest BCUT2D eigenvalue weighted by Crippen LogP contribution is -2.28. The van der Waals surface area contributed by atoms with Crippen LogP contribution in [-0.2, 0) is 16.0 Å². The van der Waals surface area contributed by atoms with Gasteiger partial charge in [0.1, 0.15) is 0 Å². The number of amides is 1. The van der Waals surface area contributed by atoms with Gasteiger partial charge in [-0.15, -0.1) is 11.3 Å². The summed E-state index contributed by atoms with van der Waals surface area (Å²) in [7, 11) is 0. The van der Waals surface area contributed by atoms with Crippen LogP contribution >= 0.6 is 11.3 Å². The van der Waals surface area contributed by atoms with E-state index < -0.39 is 11.9 Å². The zero-order valence-electron chi connectivity index (χ0n) is 10.0. The number of carboxylic acid groups (broad SMARTS) is 1. The normalized spacial score (nSPS) is 12.1. The number of carboxylic acids is 1. The second kappa shape index (κ2) is 6.39. The number of carbonyl (C=O) groups excluding carboxylic acids is 1. The first-order valence-electron chi connectivity index (χ1n) is 5.53. The standard InChI is InChI=1S/C12H17NO3S/c1-8-4-6-17-10(8)3-5-13-11(14)7-9(2)12(15)16/h4,6,9H,3,5,7H2,1-2H3,(H,13,14)(H,15,16). The van der Waals surface area contributed by atoms with E-state index in [0.717, 1.165) is 6.42 Å². The molecule has 1 heterocycles. The van der Waals surface area contributed by atoms with Gasteiger partial charge in [0.25, 0.3) is 0 Å². The molecule has 1 aromatic heterocycles. The fraction of sp³-hybridized carbons (Fsp3) is 0.500. The Bertz CT molecular complexity index is 400. The summed E-state index contributed by atoms with van der Waals surface area (Å²) in [5.74, 6) is -1.76. The van der Waals surface area contributed by atoms with Gasteiger partial charge < -0.3 is 10.4 Å². The zero-order chi connectivity index (χ0) is 12.8. The van der Waals surface area contributed by atoms with Crippen molar-refractivity contribution in [3.63, 3.8) is 0 Å². The first-order chi connectivity index (χ1) is 8.00. The van der Waals surface area contributed by atoms with Crippen LogP contribution in [0, 0.1) is 12.8 Å². The fourth-order valence-corrected chi connectivity index (χ4v) is 2.32. The van der Waals surface area contributed by atoms with E-state index >= 15 is 0 Å². The molecule has 0 radical (unpaired) electrons. The molecule has 0 fully saturated rings. The molecule has 0 aromatic carbocycles. The van der Waals surface area contributed by atoms with Gasteiger partial charge in [0.05, 0.1) is 5.92 Å². The van der Waals surface area contributed by atoms with Crippen LogP contribution in [0.15, 0.2) is 11.4 Å². The summed E-state index contributed by atoms with van der Waals surface area (Å²) in [5, 5.41) is 13.4. The minimum Gasteiger partial charge on any atom is -0.481 e. The molecule has 0 aliphatic heterocycles. The topological polar surface area (TPSA) is 66.4 Å². The van der Waals surface area contributed by atoms with Crippen molar-refractivity contribution in [2.45, 2.75) is 26.7 Å². The molecule has 1 unspecified atom stereocenters. The Morgan fingerprint density at radius 2 is 2.24 bits per heavy atom. The molecule has 0 aliphatic rings. The van der Waals surface area contributed by atoms with Crippen molar-refractivity contribution in [1.82, 2.24) is 5.32 Å². The summed E-state index contributed by atoms with van der Waals surface area (Å²) in [4.78, 5) is 23.2. The molecule has 4 nitrogen and oxygen atoms in total. The van der Waals surface area contributed by atoms with E-state index in [1.54, 1.807) is 11.3 Å². The number of hydrogen-bond donors (Lipinski definition) is 2. The second-order valence-corrected chi connectivity index (χ2v) is 5.07. The van der Waals surface area contributed by atoms with E-state index in [1.165, 1.54) is 17.4 Å². The summed E-state index contributed by atoms with van der Waals surface area (Å²) in [6.07, 6.45) is 0.843. The molecule has 1 atom stereocenters. The van der Waals surface area contributed by atoms with E-state index in [9.17, 15) is 9.59 Å². The number of aryl methyl sites for hydroxylation is 1. The number of thiophene rings is 1. The van der Waals surface area contributed by atoms with Crippen molar-refractivity contribution in [1.29, 1.82) is 0 Å². The number of hydrogen-bond acceptors (Lipinski definition) is 3. The lowest BCUT2D eigenvalue weighted by atomic mass is 10.1. The largest absolute Gasteiger partial charge is 0.481 e. The summed E-state index contributed by atoms with van der Waals surface area (Å²) in [6.45, 7) is 4.14. The van der Waals surface area contributed by atoms with Crippen LogP contribution in [0.5, 0.6) is 0 Å². The van der Waals surface area contributed by atoms with E-state index in [4.69, 9.17) is 5.11 Å². The third-order valence-electron chi connectivity index (χ3n) is 2.56. The number of aliphatic carboxylic acids is 1. The summed E-state index contributed by atoms with van der Waals surface area (Å²) in [6, 6.07) is 2.05. The lowest BCUT2D eigenvalue weighted by Gasteiger charge is -2.07. The van der Waals surface area contributed by atoms with Crippen LogP contribution in [-0.4, -0.2) is 23.5 Å². The number of nitrogens with one attached hydrogen (secondary N) is 1. The van der Waals surface area contributed by atoms with Crippen LogP contribution in [0.1, 0.15) is 23.8 Å². The summed E-state index contributed by atoms with van der Waals surface area (Å²) >= 11 is 1.67. The summed E-state index contributed by atoms with van der Waals surface area (Å²) < 4.78 is 0. The molecule has 0 bridgehead atoms. The third kappa shape index (κ3) is 4.56. The molecule has 1 aromatic rings. The molecule has 94 valence electrons. The molecule has 1 rings (SSSR count). The Hall–Kier alpha value is -1.36. The minimum atomic E-state index is -0.936. The van der Waals surface area contributed by atoms with Gasteiger partial charge in [0, 0.05) is 17.8 Å². The van der Waals surface area contributed by atoms with Crippen LogP contribution < -0.4 is 5.32 Å². The van der Waals surface area contributed by atoms with Crippen molar-refractivity contribution in [2.75, 3.05) is 6.54 Å². The predicted molar refractivity (Wildman–Crippen MR) is 67.2 cm³/mol. The molecule has 0 saturated heterocycles. The van der Waals surface area contributed by atoms with Crippen LogP contribution in [0.2, 0.25) is 0 Å². The van der Waals surface area contributed by atoms with E-state index in [-0.39, 0.29) is 12.3 Å². The highest BCUT2D eigenvalue weighted by Crippen LogP contribution is 2.15. The van der Waals surface area contributed by atoms with Crippen molar-refractivity contribution < 1.29 is 14.7 Å². The highest BCUT2D eigenvalue weighted by molar-refractivity contribution is 7.10. The number of rotatable bonds is 6. The Morgan fingerprint density at radius 3 is 2.76 bits per heavy atom. The Morgan fingerprint density at radius 1 is 1.53 bits per heavy atom. The molecule has 0 saturated carbocycles. The first-order valence-corrected chi connectivity index (χ1v) is 6.41. The monoisotopic (exact) mass is 255 g/mol. The van der Waals surface area contributed by atoms with Gasteiger partial charge in [-0.3, -0.25) is 9.59 Å². The molecule has 2 N–H and O–H groups in total. The third-order valence-corrected chi connectivity index (χ3v) is 3.64. The molecule has 5 heteroatoms. The van der Waals surface area contributed by atoms with Gasteiger partial charge in [-0.2, -0.15) is 0 Å². The van der Waals surface area contributed by atoms with Crippen LogP contribution in [0.3, 0.4) is 0 Å². The smallest absolute Gasteiger partial charge is 0.306 e. The first kappa shape index (κ1) is 13.7. The maximum Gasteiger partial charge on any atom is 0.306 e. The Labute approximate surface area is 105 Å². The average Bonchev–Trinajstić information content (AvgIpc) is 2.64. The van der Waals surface area contributed by atoms with Gasteiger partial charge in [-0.1, -0.05) is 6.92 Å². The second-order valence-electron chi connectivity index (χ2n) is 4.07. The molecule has 0 aliphatic carbocycles. The van der Waals surface area contributed by atoms with Crippen LogP contribution in [0.25, 0.3) is 0 Å². The average molecular weight is 255 g/mol. The van der Waals surface area contributed by atoms with Crippen LogP contribution in [0.4, 0.5) is 0 Å². The summed E-state index contributed by atoms with van der Waals surface area (Å²) in [5.41, 5.74) is 1.24. The van der Waals surface area contributed by atoms with Gasteiger partial charge >= 0.3 is 5.97 Å². The quantitative estimate of drug-likeness (QED) is 0.815. The zero-order valence-corrected chi connectivity index (χ0v) is 10.8. The minimum absolute atomic E-state index is 0.0404. The van der Waals surface area contributed by atoms with Crippen molar-refractivity contribution in [3.8, 4) is 0 Å². The van der Waals surface area contributed by atoms with E-state index in [0.29, 0.717) is 6.54 Å². The maximum absolute atomic E-state index is 11.4. The van der Waals surface area contributed by atoms with Crippen molar-refractivity contribution in [2.24, 2.45) is 5.92 Å². The highest BCUT2D eigenvalue weighted by Gasteiger charge is 2.15. The van der Waals surface area contributed by atoms with Crippen molar-refractivity contribution >= 4 is 23.2 Å². The van der Waals surface area contributed by atoms with Crippen molar-refractivity contribution in [3.05, 3.63) is 21.9 Å². The lowest BCUT2D eigenvalue weighted by molar-refractivity contribution is -0.143. The van der Waals surface area contributed by atoms with E-state index in [2.05, 4.69) is 5.32 Å². The Balaban J connectivity index is 2.25.